The van der Waals surface area contributed by atoms with Gasteiger partial charge in [-0.2, -0.15) is 0 Å². The highest BCUT2D eigenvalue weighted by molar-refractivity contribution is 5.79. The number of carbonyl (C=O) groups excluding carboxylic acids is 1. The molecule has 1 N–H and O–H groups in total. The van der Waals surface area contributed by atoms with Crippen molar-refractivity contribution in [2.75, 3.05) is 13.7 Å². The Hall–Kier alpha value is -1.71. The number of hydrogen-bond acceptors (Lipinski definition) is 3. The molecule has 1 aliphatic rings. The van der Waals surface area contributed by atoms with E-state index in [2.05, 4.69) is 25.2 Å². The van der Waals surface area contributed by atoms with E-state index in [4.69, 9.17) is 9.47 Å². The van der Waals surface area contributed by atoms with E-state index in [0.29, 0.717) is 18.9 Å². The van der Waals surface area contributed by atoms with E-state index in [0.717, 1.165) is 29.9 Å². The summed E-state index contributed by atoms with van der Waals surface area (Å²) in [4.78, 5) is 11.7. The summed E-state index contributed by atoms with van der Waals surface area (Å²) in [5, 5.41) is 3.18. The van der Waals surface area contributed by atoms with Crippen molar-refractivity contribution in [3.05, 3.63) is 23.8 Å². The van der Waals surface area contributed by atoms with E-state index in [1.165, 1.54) is 0 Å². The average molecular weight is 291 g/mol. The van der Waals surface area contributed by atoms with E-state index in [1.807, 2.05) is 19.1 Å². The quantitative estimate of drug-likeness (QED) is 0.876. The molecule has 1 aromatic carbocycles. The van der Waals surface area contributed by atoms with Gasteiger partial charge in [-0.05, 0) is 31.7 Å². The van der Waals surface area contributed by atoms with E-state index in [9.17, 15) is 4.79 Å². The average Bonchev–Trinajstić information content (AvgIpc) is 2.82. The van der Waals surface area contributed by atoms with Crippen molar-refractivity contribution >= 4 is 5.91 Å². The van der Waals surface area contributed by atoms with Crippen LogP contribution >= 0.6 is 0 Å². The van der Waals surface area contributed by atoms with Gasteiger partial charge in [-0.15, -0.1) is 0 Å². The van der Waals surface area contributed by atoms with Crippen LogP contribution in [0.15, 0.2) is 18.2 Å². The van der Waals surface area contributed by atoms with Crippen molar-refractivity contribution in [2.24, 2.45) is 5.92 Å². The summed E-state index contributed by atoms with van der Waals surface area (Å²) in [5.41, 5.74) is 0.897. The first-order valence-electron chi connectivity index (χ1n) is 7.62. The van der Waals surface area contributed by atoms with Crippen LogP contribution in [0.25, 0.3) is 0 Å². The van der Waals surface area contributed by atoms with Crippen LogP contribution in [-0.2, 0) is 11.2 Å². The second kappa shape index (κ2) is 6.37. The Morgan fingerprint density at radius 3 is 2.67 bits per heavy atom. The number of carbonyl (C=O) groups is 1. The maximum Gasteiger partial charge on any atom is 0.220 e. The third kappa shape index (κ3) is 3.14. The summed E-state index contributed by atoms with van der Waals surface area (Å²) in [6.45, 7) is 6.87. The van der Waals surface area contributed by atoms with Gasteiger partial charge in [0, 0.05) is 17.5 Å². The van der Waals surface area contributed by atoms with Crippen molar-refractivity contribution in [3.8, 4) is 11.5 Å². The summed E-state index contributed by atoms with van der Waals surface area (Å²) in [6.07, 6.45) is 2.23. The summed E-state index contributed by atoms with van der Waals surface area (Å²) in [6, 6.07) is 5.95. The van der Waals surface area contributed by atoms with Crippen LogP contribution in [0.4, 0.5) is 0 Å². The topological polar surface area (TPSA) is 47.6 Å². The number of methoxy groups -OCH3 is 1. The molecule has 0 spiro atoms. The molecule has 116 valence electrons. The third-order valence-corrected chi connectivity index (χ3v) is 4.36. The van der Waals surface area contributed by atoms with Crippen molar-refractivity contribution in [3.63, 3.8) is 0 Å². The smallest absolute Gasteiger partial charge is 0.220 e. The minimum Gasteiger partial charge on any atom is -0.493 e. The van der Waals surface area contributed by atoms with Crippen molar-refractivity contribution in [1.29, 1.82) is 0 Å². The van der Waals surface area contributed by atoms with E-state index >= 15 is 0 Å². The fraction of sp³-hybridized carbons (Fsp3) is 0.588. The minimum absolute atomic E-state index is 0.142. The van der Waals surface area contributed by atoms with Crippen molar-refractivity contribution in [2.45, 2.75) is 45.6 Å². The van der Waals surface area contributed by atoms with Gasteiger partial charge in [0.25, 0.3) is 0 Å². The fourth-order valence-corrected chi connectivity index (χ4v) is 3.05. The van der Waals surface area contributed by atoms with Crippen LogP contribution in [0.1, 0.15) is 39.2 Å². The molecule has 0 aromatic heterocycles. The first-order chi connectivity index (χ1) is 10.0. The lowest BCUT2D eigenvalue weighted by Crippen LogP contribution is -2.48. The highest BCUT2D eigenvalue weighted by atomic mass is 16.5. The van der Waals surface area contributed by atoms with Gasteiger partial charge in [-0.1, -0.05) is 26.0 Å². The molecule has 1 saturated heterocycles. The molecule has 0 saturated carbocycles. The predicted octanol–water partition coefficient (Wildman–Crippen LogP) is 2.94. The molecule has 21 heavy (non-hydrogen) atoms. The van der Waals surface area contributed by atoms with Gasteiger partial charge in [0.05, 0.1) is 13.7 Å². The molecule has 1 heterocycles. The van der Waals surface area contributed by atoms with Gasteiger partial charge in [0.15, 0.2) is 11.5 Å². The Balaban J connectivity index is 2.33. The van der Waals surface area contributed by atoms with Gasteiger partial charge >= 0.3 is 0 Å². The molecule has 1 amide bonds. The molecule has 0 radical (unpaired) electrons. The lowest BCUT2D eigenvalue weighted by atomic mass is 9.79. The number of rotatable bonds is 6. The summed E-state index contributed by atoms with van der Waals surface area (Å²) >= 11 is 0. The molecular weight excluding hydrogens is 266 g/mol. The molecular formula is C17H25NO3. The predicted molar refractivity (Wildman–Crippen MR) is 82.8 cm³/mol. The first kappa shape index (κ1) is 15.7. The normalized spacial score (nSPS) is 21.5. The number of benzene rings is 1. The van der Waals surface area contributed by atoms with Crippen LogP contribution in [0, 0.1) is 5.92 Å². The molecule has 1 fully saturated rings. The number of amides is 1. The van der Waals surface area contributed by atoms with Gasteiger partial charge in [-0.25, -0.2) is 0 Å². The zero-order chi connectivity index (χ0) is 15.5. The molecule has 0 bridgehead atoms. The Morgan fingerprint density at radius 1 is 1.38 bits per heavy atom. The van der Waals surface area contributed by atoms with Gasteiger partial charge in [0.1, 0.15) is 0 Å². The molecule has 1 atom stereocenters. The van der Waals surface area contributed by atoms with E-state index in [-0.39, 0.29) is 11.4 Å². The van der Waals surface area contributed by atoms with Crippen LogP contribution in [-0.4, -0.2) is 25.2 Å². The van der Waals surface area contributed by atoms with Crippen LogP contribution < -0.4 is 14.8 Å². The van der Waals surface area contributed by atoms with Crippen molar-refractivity contribution < 1.29 is 14.3 Å². The third-order valence-electron chi connectivity index (χ3n) is 4.36. The zero-order valence-corrected chi connectivity index (χ0v) is 13.4. The lowest BCUT2D eigenvalue weighted by Gasteiger charge is -2.34. The summed E-state index contributed by atoms with van der Waals surface area (Å²) < 4.78 is 11.2. The zero-order valence-electron chi connectivity index (χ0n) is 13.4. The van der Waals surface area contributed by atoms with Gasteiger partial charge in [0.2, 0.25) is 5.91 Å². The van der Waals surface area contributed by atoms with Crippen LogP contribution in [0.5, 0.6) is 11.5 Å². The van der Waals surface area contributed by atoms with E-state index < -0.39 is 0 Å². The molecule has 1 aliphatic heterocycles. The minimum atomic E-state index is -0.185. The molecule has 1 aromatic rings. The highest BCUT2D eigenvalue weighted by Gasteiger charge is 2.41. The summed E-state index contributed by atoms with van der Waals surface area (Å²) in [5.74, 6) is 2.05. The largest absolute Gasteiger partial charge is 0.493 e. The molecule has 1 unspecified atom stereocenters. The van der Waals surface area contributed by atoms with Gasteiger partial charge < -0.3 is 14.8 Å². The van der Waals surface area contributed by atoms with Crippen LogP contribution in [0.3, 0.4) is 0 Å². The number of hydrogen-bond donors (Lipinski definition) is 1. The lowest BCUT2D eigenvalue weighted by molar-refractivity contribution is -0.120. The summed E-state index contributed by atoms with van der Waals surface area (Å²) in [7, 11) is 1.66. The standard InChI is InChI=1S/C17H25NO3/c1-5-21-14-8-6-7-13(16(14)20-4)11-17(12(2)3)10-9-15(19)18-17/h6-8,12H,5,9-11H2,1-4H3,(H,18,19). The molecule has 2 rings (SSSR count). The Bertz CT molecular complexity index is 513. The number of nitrogens with one attached hydrogen (secondary N) is 1. The Morgan fingerprint density at radius 2 is 2.14 bits per heavy atom. The fourth-order valence-electron chi connectivity index (χ4n) is 3.05. The monoisotopic (exact) mass is 291 g/mol. The Kier molecular flexibility index (Phi) is 4.76. The van der Waals surface area contributed by atoms with Crippen LogP contribution in [0.2, 0.25) is 0 Å². The second-order valence-electron chi connectivity index (χ2n) is 5.92. The molecule has 4 heteroatoms. The van der Waals surface area contributed by atoms with E-state index in [1.54, 1.807) is 7.11 Å². The van der Waals surface area contributed by atoms with Gasteiger partial charge in [-0.3, -0.25) is 4.79 Å². The first-order valence-corrected chi connectivity index (χ1v) is 7.62. The Labute approximate surface area is 126 Å². The SMILES string of the molecule is CCOc1cccc(CC2(C(C)C)CCC(=O)N2)c1OC. The van der Waals surface area contributed by atoms with Crippen molar-refractivity contribution in [1.82, 2.24) is 5.32 Å². The molecule has 0 aliphatic carbocycles. The second-order valence-corrected chi connectivity index (χ2v) is 5.92. The maximum absolute atomic E-state index is 11.7. The number of ether oxygens (including phenoxy) is 2. The number of para-hydroxylation sites is 1. The maximum atomic E-state index is 11.7. The highest BCUT2D eigenvalue weighted by Crippen LogP contribution is 2.38. The molecule has 4 nitrogen and oxygen atoms in total.